The van der Waals surface area contributed by atoms with Crippen molar-refractivity contribution in [1.29, 1.82) is 0 Å². The van der Waals surface area contributed by atoms with Crippen LogP contribution in [0.4, 0.5) is 0 Å². The summed E-state index contributed by atoms with van der Waals surface area (Å²) < 4.78 is 0. The second-order valence-electron chi connectivity index (χ2n) is 10.1. The van der Waals surface area contributed by atoms with E-state index in [2.05, 4.69) is 0 Å². The Kier molecular flexibility index (Phi) is 4.00. The topological polar surface area (TPSA) is 26.0 Å². The van der Waals surface area contributed by atoms with E-state index in [0.717, 1.165) is 47.3 Å². The van der Waals surface area contributed by atoms with E-state index >= 15 is 0 Å². The molecule has 0 aromatic rings. The van der Waals surface area contributed by atoms with Crippen molar-refractivity contribution in [2.75, 3.05) is 0 Å². The standard InChI is InChI=1S/C22H37N/c23-18-10-6-14(7-11-18)19-12-8-17-5-4-15-2-1-3-16-9-13-20(19)22(17)21(15)16/h14-22H,1-13,23H2. The summed E-state index contributed by atoms with van der Waals surface area (Å²) in [5.41, 5.74) is 6.20. The molecule has 7 unspecified atom stereocenters. The number of hydrogen-bond donors (Lipinski definition) is 1. The summed E-state index contributed by atoms with van der Waals surface area (Å²) in [4.78, 5) is 0. The average Bonchev–Trinajstić information content (AvgIpc) is 2.60. The van der Waals surface area contributed by atoms with Gasteiger partial charge in [0.25, 0.3) is 0 Å². The van der Waals surface area contributed by atoms with Crippen molar-refractivity contribution in [3.63, 3.8) is 0 Å². The molecular formula is C22H37N. The maximum Gasteiger partial charge on any atom is 0.00390 e. The summed E-state index contributed by atoms with van der Waals surface area (Å²) in [7, 11) is 0. The van der Waals surface area contributed by atoms with Crippen LogP contribution in [0, 0.1) is 47.3 Å². The quantitative estimate of drug-likeness (QED) is 0.690. The van der Waals surface area contributed by atoms with E-state index in [1.165, 1.54) is 25.7 Å². The Labute approximate surface area is 143 Å². The van der Waals surface area contributed by atoms with Crippen LogP contribution < -0.4 is 5.73 Å². The highest BCUT2D eigenvalue weighted by molar-refractivity contribution is 5.03. The summed E-state index contributed by atoms with van der Waals surface area (Å²) in [5, 5.41) is 0. The Morgan fingerprint density at radius 2 is 0.957 bits per heavy atom. The van der Waals surface area contributed by atoms with Crippen LogP contribution in [0.5, 0.6) is 0 Å². The van der Waals surface area contributed by atoms with Crippen LogP contribution in [0.1, 0.15) is 83.5 Å². The Morgan fingerprint density at radius 3 is 1.65 bits per heavy atom. The van der Waals surface area contributed by atoms with Crippen LogP contribution in [-0.4, -0.2) is 6.04 Å². The van der Waals surface area contributed by atoms with Gasteiger partial charge in [-0.25, -0.2) is 0 Å². The van der Waals surface area contributed by atoms with Crippen LogP contribution in [0.3, 0.4) is 0 Å². The lowest BCUT2D eigenvalue weighted by atomic mass is 9.45. The van der Waals surface area contributed by atoms with Gasteiger partial charge in [-0.1, -0.05) is 19.3 Å². The van der Waals surface area contributed by atoms with Crippen molar-refractivity contribution >= 4 is 0 Å². The molecule has 0 spiro atoms. The summed E-state index contributed by atoms with van der Waals surface area (Å²) in [6.07, 6.45) is 19.8. The largest absolute Gasteiger partial charge is 0.328 e. The van der Waals surface area contributed by atoms with E-state index in [1.807, 2.05) is 0 Å². The van der Waals surface area contributed by atoms with Gasteiger partial charge < -0.3 is 5.73 Å². The maximum absolute atomic E-state index is 6.20. The SMILES string of the molecule is NC1CCC(C2CCC3CCC4CCCC5CCC2C3C45)CC1. The highest BCUT2D eigenvalue weighted by Crippen LogP contribution is 2.62. The fourth-order valence-corrected chi connectivity index (χ4v) is 8.50. The third-order valence-electron chi connectivity index (χ3n) is 9.34. The highest BCUT2D eigenvalue weighted by Gasteiger charge is 2.54. The van der Waals surface area contributed by atoms with E-state index in [1.54, 1.807) is 57.8 Å². The highest BCUT2D eigenvalue weighted by atomic mass is 14.6. The summed E-state index contributed by atoms with van der Waals surface area (Å²) >= 11 is 0. The van der Waals surface area contributed by atoms with Gasteiger partial charge in [0.15, 0.2) is 0 Å². The molecule has 5 rings (SSSR count). The molecule has 0 aromatic heterocycles. The van der Waals surface area contributed by atoms with Crippen molar-refractivity contribution in [2.24, 2.45) is 53.1 Å². The number of rotatable bonds is 1. The molecule has 1 heteroatoms. The fourth-order valence-electron chi connectivity index (χ4n) is 8.50. The predicted octanol–water partition coefficient (Wildman–Crippen LogP) is 5.38. The zero-order chi connectivity index (χ0) is 15.4. The van der Waals surface area contributed by atoms with Crippen LogP contribution in [-0.2, 0) is 0 Å². The molecule has 0 bridgehead atoms. The van der Waals surface area contributed by atoms with Gasteiger partial charge in [0, 0.05) is 6.04 Å². The van der Waals surface area contributed by atoms with Gasteiger partial charge in [0.2, 0.25) is 0 Å². The van der Waals surface area contributed by atoms with E-state index in [9.17, 15) is 0 Å². The molecular weight excluding hydrogens is 278 g/mol. The minimum atomic E-state index is 0.524. The molecule has 7 atom stereocenters. The predicted molar refractivity (Wildman–Crippen MR) is 95.9 cm³/mol. The third-order valence-corrected chi connectivity index (χ3v) is 9.34. The lowest BCUT2D eigenvalue weighted by Crippen LogP contribution is -2.52. The first-order chi connectivity index (χ1) is 11.3. The summed E-state index contributed by atoms with van der Waals surface area (Å²) in [6.45, 7) is 0. The second-order valence-corrected chi connectivity index (χ2v) is 10.1. The first kappa shape index (κ1) is 15.2. The first-order valence-electron chi connectivity index (χ1n) is 11.1. The Hall–Kier alpha value is -0.0400. The van der Waals surface area contributed by atoms with Gasteiger partial charge in [0.05, 0.1) is 0 Å². The molecule has 5 saturated carbocycles. The van der Waals surface area contributed by atoms with Gasteiger partial charge in [-0.05, 0) is 112 Å². The molecule has 2 N–H and O–H groups in total. The Balaban J connectivity index is 1.39. The smallest absolute Gasteiger partial charge is 0.00390 e. The van der Waals surface area contributed by atoms with Crippen LogP contribution in [0.2, 0.25) is 0 Å². The minimum Gasteiger partial charge on any atom is -0.328 e. The van der Waals surface area contributed by atoms with E-state index in [4.69, 9.17) is 5.73 Å². The lowest BCUT2D eigenvalue weighted by molar-refractivity contribution is -0.109. The van der Waals surface area contributed by atoms with Gasteiger partial charge >= 0.3 is 0 Å². The first-order valence-corrected chi connectivity index (χ1v) is 11.1. The molecule has 0 saturated heterocycles. The van der Waals surface area contributed by atoms with E-state index in [0.29, 0.717) is 6.04 Å². The number of nitrogens with two attached hydrogens (primary N) is 1. The average molecular weight is 316 g/mol. The Bertz CT molecular complexity index is 418. The molecule has 1 nitrogen and oxygen atoms in total. The minimum absolute atomic E-state index is 0.524. The molecule has 5 aliphatic carbocycles. The molecule has 5 fully saturated rings. The molecule has 0 amide bonds. The van der Waals surface area contributed by atoms with Gasteiger partial charge in [-0.2, -0.15) is 0 Å². The van der Waals surface area contributed by atoms with Gasteiger partial charge in [-0.15, -0.1) is 0 Å². The molecule has 5 aliphatic rings. The zero-order valence-corrected chi connectivity index (χ0v) is 15.0. The summed E-state index contributed by atoms with van der Waals surface area (Å²) in [5.74, 6) is 8.97. The lowest BCUT2D eigenvalue weighted by Gasteiger charge is -2.60. The van der Waals surface area contributed by atoms with E-state index in [-0.39, 0.29) is 0 Å². The van der Waals surface area contributed by atoms with Crippen LogP contribution in [0.15, 0.2) is 0 Å². The van der Waals surface area contributed by atoms with Gasteiger partial charge in [-0.3, -0.25) is 0 Å². The zero-order valence-electron chi connectivity index (χ0n) is 15.0. The summed E-state index contributed by atoms with van der Waals surface area (Å²) in [6, 6.07) is 0.524. The third kappa shape index (κ3) is 2.52. The Morgan fingerprint density at radius 1 is 0.435 bits per heavy atom. The molecule has 0 heterocycles. The molecule has 130 valence electrons. The van der Waals surface area contributed by atoms with Crippen molar-refractivity contribution in [2.45, 2.75) is 89.5 Å². The maximum atomic E-state index is 6.20. The number of hydrogen-bond acceptors (Lipinski definition) is 1. The van der Waals surface area contributed by atoms with Crippen molar-refractivity contribution < 1.29 is 0 Å². The second kappa shape index (κ2) is 6.04. The van der Waals surface area contributed by atoms with Crippen molar-refractivity contribution in [1.82, 2.24) is 0 Å². The fraction of sp³-hybridized carbons (Fsp3) is 1.00. The normalized spacial score (nSPS) is 56.0. The van der Waals surface area contributed by atoms with Crippen LogP contribution in [0.25, 0.3) is 0 Å². The molecule has 0 radical (unpaired) electrons. The van der Waals surface area contributed by atoms with Crippen molar-refractivity contribution in [3.05, 3.63) is 0 Å². The molecule has 0 aliphatic heterocycles. The van der Waals surface area contributed by atoms with Crippen molar-refractivity contribution in [3.8, 4) is 0 Å². The van der Waals surface area contributed by atoms with E-state index < -0.39 is 0 Å². The molecule has 23 heavy (non-hydrogen) atoms. The van der Waals surface area contributed by atoms with Gasteiger partial charge in [0.1, 0.15) is 0 Å². The molecule has 0 aromatic carbocycles. The van der Waals surface area contributed by atoms with Crippen LogP contribution >= 0.6 is 0 Å². The monoisotopic (exact) mass is 315 g/mol.